The lowest BCUT2D eigenvalue weighted by Crippen LogP contribution is -2.28. The fourth-order valence-corrected chi connectivity index (χ4v) is 0.717. The Bertz CT molecular complexity index is 161. The smallest absolute Gasteiger partial charge is 0.407 e. The molecule has 0 aromatic carbocycles. The highest BCUT2D eigenvalue weighted by molar-refractivity contribution is 5.66. The molecule has 5 nitrogen and oxygen atoms in total. The van der Waals surface area contributed by atoms with Crippen LogP contribution < -0.4 is 5.32 Å². The van der Waals surface area contributed by atoms with Gasteiger partial charge in [0.05, 0.1) is 13.2 Å². The minimum absolute atomic E-state index is 0.0621. The SMILES string of the molecule is CCCCOC(=O)NCCOCC=O. The zero-order valence-corrected chi connectivity index (χ0v) is 8.45. The molecule has 0 bridgehead atoms. The van der Waals surface area contributed by atoms with Crippen molar-refractivity contribution in [2.45, 2.75) is 19.8 Å². The molecule has 1 amide bonds. The third kappa shape index (κ3) is 8.99. The maximum atomic E-state index is 10.9. The summed E-state index contributed by atoms with van der Waals surface area (Å²) in [6.07, 6.45) is 2.10. The average molecular weight is 203 g/mol. The molecule has 14 heavy (non-hydrogen) atoms. The molecule has 0 spiro atoms. The molecule has 5 heteroatoms. The number of carbonyl (C=O) groups is 2. The highest BCUT2D eigenvalue weighted by atomic mass is 16.5. The van der Waals surface area contributed by atoms with Gasteiger partial charge in [-0.2, -0.15) is 0 Å². The Kier molecular flexibility index (Phi) is 9.20. The number of alkyl carbamates (subject to hydrolysis) is 1. The number of rotatable bonds is 8. The van der Waals surface area contributed by atoms with Crippen LogP contribution in [0.2, 0.25) is 0 Å². The number of ether oxygens (including phenoxy) is 2. The number of carbonyl (C=O) groups excluding carboxylic acids is 2. The highest BCUT2D eigenvalue weighted by Crippen LogP contribution is 1.87. The van der Waals surface area contributed by atoms with E-state index in [2.05, 4.69) is 5.32 Å². The van der Waals surface area contributed by atoms with Gasteiger partial charge in [0.15, 0.2) is 0 Å². The van der Waals surface area contributed by atoms with E-state index in [9.17, 15) is 9.59 Å². The van der Waals surface area contributed by atoms with Crippen molar-refractivity contribution in [3.63, 3.8) is 0 Å². The lowest BCUT2D eigenvalue weighted by Gasteiger charge is -2.05. The maximum absolute atomic E-state index is 10.9. The van der Waals surface area contributed by atoms with Crippen molar-refractivity contribution in [3.05, 3.63) is 0 Å². The fraction of sp³-hybridized carbons (Fsp3) is 0.778. The van der Waals surface area contributed by atoms with E-state index in [0.29, 0.717) is 26.0 Å². The monoisotopic (exact) mass is 203 g/mol. The number of hydrogen-bond acceptors (Lipinski definition) is 4. The van der Waals surface area contributed by atoms with Crippen LogP contribution >= 0.6 is 0 Å². The molecule has 0 aromatic heterocycles. The average Bonchev–Trinajstić information content (AvgIpc) is 2.18. The topological polar surface area (TPSA) is 64.6 Å². The zero-order valence-electron chi connectivity index (χ0n) is 8.45. The minimum atomic E-state index is -0.437. The maximum Gasteiger partial charge on any atom is 0.407 e. The third-order valence-corrected chi connectivity index (χ3v) is 1.43. The third-order valence-electron chi connectivity index (χ3n) is 1.43. The second-order valence-corrected chi connectivity index (χ2v) is 2.66. The molecule has 0 aliphatic rings. The van der Waals surface area contributed by atoms with Crippen molar-refractivity contribution in [2.75, 3.05) is 26.4 Å². The lowest BCUT2D eigenvalue weighted by molar-refractivity contribution is -0.111. The van der Waals surface area contributed by atoms with Crippen LogP contribution in [0.15, 0.2) is 0 Å². The first kappa shape index (κ1) is 12.9. The van der Waals surface area contributed by atoms with Crippen molar-refractivity contribution in [3.8, 4) is 0 Å². The first-order valence-electron chi connectivity index (χ1n) is 4.73. The molecule has 0 aliphatic carbocycles. The number of unbranched alkanes of at least 4 members (excludes halogenated alkanes) is 1. The van der Waals surface area contributed by atoms with Gasteiger partial charge in [-0.25, -0.2) is 4.79 Å². The second kappa shape index (κ2) is 9.98. The van der Waals surface area contributed by atoms with E-state index in [4.69, 9.17) is 9.47 Å². The molecule has 0 aromatic rings. The molecule has 1 N–H and O–H groups in total. The van der Waals surface area contributed by atoms with Crippen LogP contribution in [0.1, 0.15) is 19.8 Å². The molecule has 0 fully saturated rings. The van der Waals surface area contributed by atoms with E-state index in [1.165, 1.54) is 0 Å². The fourth-order valence-electron chi connectivity index (χ4n) is 0.717. The van der Waals surface area contributed by atoms with Gasteiger partial charge in [-0.3, -0.25) is 0 Å². The van der Waals surface area contributed by atoms with E-state index in [-0.39, 0.29) is 6.61 Å². The number of hydrogen-bond donors (Lipinski definition) is 1. The predicted molar refractivity (Wildman–Crippen MR) is 51.1 cm³/mol. The van der Waals surface area contributed by atoms with Gasteiger partial charge in [0.25, 0.3) is 0 Å². The molecule has 82 valence electrons. The molecule has 0 atom stereocenters. The first-order chi connectivity index (χ1) is 6.81. The molecule has 0 radical (unpaired) electrons. The van der Waals surface area contributed by atoms with E-state index in [1.54, 1.807) is 0 Å². The Morgan fingerprint density at radius 2 is 2.21 bits per heavy atom. The van der Waals surface area contributed by atoms with Crippen LogP contribution in [-0.2, 0) is 14.3 Å². The molecule has 0 saturated heterocycles. The van der Waals surface area contributed by atoms with Crippen LogP contribution in [0.5, 0.6) is 0 Å². The molecule has 0 aliphatic heterocycles. The van der Waals surface area contributed by atoms with Crippen LogP contribution in [0.3, 0.4) is 0 Å². The second-order valence-electron chi connectivity index (χ2n) is 2.66. The largest absolute Gasteiger partial charge is 0.450 e. The van der Waals surface area contributed by atoms with Crippen molar-refractivity contribution >= 4 is 12.4 Å². The number of aldehydes is 1. The van der Waals surface area contributed by atoms with Gasteiger partial charge in [0, 0.05) is 6.54 Å². The van der Waals surface area contributed by atoms with Crippen LogP contribution in [0.4, 0.5) is 4.79 Å². The lowest BCUT2D eigenvalue weighted by atomic mass is 10.4. The standard InChI is InChI=1S/C9H17NO4/c1-2-3-6-14-9(12)10-4-7-13-8-5-11/h5H,2-4,6-8H2,1H3,(H,10,12). The summed E-state index contributed by atoms with van der Waals surface area (Å²) in [6.45, 7) is 3.21. The van der Waals surface area contributed by atoms with Crippen LogP contribution in [0, 0.1) is 0 Å². The molecular formula is C9H17NO4. The van der Waals surface area contributed by atoms with Crippen molar-refractivity contribution < 1.29 is 19.1 Å². The van der Waals surface area contributed by atoms with Crippen molar-refractivity contribution in [1.82, 2.24) is 5.32 Å². The summed E-state index contributed by atoms with van der Waals surface area (Å²) in [5.41, 5.74) is 0. The van der Waals surface area contributed by atoms with Gasteiger partial charge in [-0.15, -0.1) is 0 Å². The Balaban J connectivity index is 3.14. The Morgan fingerprint density at radius 1 is 1.43 bits per heavy atom. The summed E-state index contributed by atoms with van der Waals surface area (Å²) in [5, 5.41) is 2.50. The summed E-state index contributed by atoms with van der Waals surface area (Å²) in [7, 11) is 0. The van der Waals surface area contributed by atoms with Gasteiger partial charge in [0.2, 0.25) is 0 Å². The van der Waals surface area contributed by atoms with E-state index in [1.807, 2.05) is 6.92 Å². The zero-order chi connectivity index (χ0) is 10.6. The normalized spacial score (nSPS) is 9.50. The van der Waals surface area contributed by atoms with E-state index >= 15 is 0 Å². The van der Waals surface area contributed by atoms with Crippen molar-refractivity contribution in [1.29, 1.82) is 0 Å². The van der Waals surface area contributed by atoms with E-state index < -0.39 is 6.09 Å². The van der Waals surface area contributed by atoms with Gasteiger partial charge in [0.1, 0.15) is 12.9 Å². The Morgan fingerprint density at radius 3 is 2.86 bits per heavy atom. The van der Waals surface area contributed by atoms with Crippen LogP contribution in [-0.4, -0.2) is 38.7 Å². The molecular weight excluding hydrogens is 186 g/mol. The first-order valence-corrected chi connectivity index (χ1v) is 4.73. The van der Waals surface area contributed by atoms with E-state index in [0.717, 1.165) is 12.8 Å². The molecule has 0 rings (SSSR count). The van der Waals surface area contributed by atoms with Gasteiger partial charge in [-0.05, 0) is 6.42 Å². The summed E-state index contributed by atoms with van der Waals surface area (Å²) < 4.78 is 9.63. The predicted octanol–water partition coefficient (Wildman–Crippen LogP) is 0.728. The van der Waals surface area contributed by atoms with Crippen molar-refractivity contribution in [2.24, 2.45) is 0 Å². The number of nitrogens with one attached hydrogen (secondary N) is 1. The highest BCUT2D eigenvalue weighted by Gasteiger charge is 1.99. The summed E-state index contributed by atoms with van der Waals surface area (Å²) in [6, 6.07) is 0. The minimum Gasteiger partial charge on any atom is -0.450 e. The van der Waals surface area contributed by atoms with Gasteiger partial charge in [-0.1, -0.05) is 13.3 Å². The summed E-state index contributed by atoms with van der Waals surface area (Å²) in [4.78, 5) is 20.7. The Hall–Kier alpha value is -1.10. The Labute approximate surface area is 83.8 Å². The number of amides is 1. The summed E-state index contributed by atoms with van der Waals surface area (Å²) in [5.74, 6) is 0. The molecule has 0 unspecified atom stereocenters. The van der Waals surface area contributed by atoms with Crippen LogP contribution in [0.25, 0.3) is 0 Å². The molecule has 0 saturated carbocycles. The van der Waals surface area contributed by atoms with Gasteiger partial charge < -0.3 is 19.6 Å². The molecule has 0 heterocycles. The summed E-state index contributed by atoms with van der Waals surface area (Å²) >= 11 is 0. The van der Waals surface area contributed by atoms with Gasteiger partial charge >= 0.3 is 6.09 Å². The quantitative estimate of drug-likeness (QED) is 0.466.